The molecule has 2 fully saturated rings. The molecule has 100 valence electrons. The van der Waals surface area contributed by atoms with Gasteiger partial charge in [-0.05, 0) is 45.1 Å². The molecule has 1 amide bonds. The van der Waals surface area contributed by atoms with Crippen LogP contribution in [0.1, 0.15) is 32.6 Å². The van der Waals surface area contributed by atoms with Gasteiger partial charge in [-0.15, -0.1) is 12.4 Å². The summed E-state index contributed by atoms with van der Waals surface area (Å²) in [5, 5.41) is 6.36. The van der Waals surface area contributed by atoms with Crippen LogP contribution in [-0.2, 0) is 9.53 Å². The van der Waals surface area contributed by atoms with Crippen LogP contribution in [0.4, 0.5) is 0 Å². The van der Waals surface area contributed by atoms with Gasteiger partial charge in [-0.1, -0.05) is 0 Å². The predicted molar refractivity (Wildman–Crippen MR) is 69.4 cm³/mol. The molecule has 2 aliphatic heterocycles. The number of nitrogens with one attached hydrogen (secondary N) is 2. The van der Waals surface area contributed by atoms with Gasteiger partial charge in [-0.25, -0.2) is 0 Å². The highest BCUT2D eigenvalue weighted by molar-refractivity contribution is 5.85. The van der Waals surface area contributed by atoms with E-state index in [1.165, 1.54) is 0 Å². The van der Waals surface area contributed by atoms with E-state index in [1.807, 2.05) is 0 Å². The third-order valence-corrected chi connectivity index (χ3v) is 3.72. The van der Waals surface area contributed by atoms with E-state index in [2.05, 4.69) is 17.6 Å². The molecule has 5 heteroatoms. The van der Waals surface area contributed by atoms with Crippen molar-refractivity contribution in [3.8, 4) is 0 Å². The van der Waals surface area contributed by atoms with E-state index in [1.54, 1.807) is 0 Å². The van der Waals surface area contributed by atoms with Crippen molar-refractivity contribution in [2.45, 2.75) is 44.7 Å². The van der Waals surface area contributed by atoms with Gasteiger partial charge >= 0.3 is 0 Å². The molecule has 0 aromatic rings. The third kappa shape index (κ3) is 4.12. The highest BCUT2D eigenvalue weighted by Gasteiger charge is 2.26. The predicted octanol–water partition coefficient (Wildman–Crippen LogP) is 1.09. The number of rotatable bonds is 3. The SMILES string of the molecule is CC(NC(=O)[C@@H]1CCCN1)C1CCOCC1.Cl. The van der Waals surface area contributed by atoms with E-state index >= 15 is 0 Å². The van der Waals surface area contributed by atoms with Crippen LogP contribution in [0, 0.1) is 5.92 Å². The van der Waals surface area contributed by atoms with Crippen LogP contribution < -0.4 is 10.6 Å². The molecule has 0 aromatic carbocycles. The molecule has 0 saturated carbocycles. The molecule has 2 heterocycles. The Balaban J connectivity index is 0.00000144. The van der Waals surface area contributed by atoms with Crippen molar-refractivity contribution < 1.29 is 9.53 Å². The molecule has 2 atom stereocenters. The molecule has 2 N–H and O–H groups in total. The second-order valence-electron chi connectivity index (χ2n) is 4.90. The molecule has 1 unspecified atom stereocenters. The Morgan fingerprint density at radius 2 is 2.06 bits per heavy atom. The molecule has 0 aliphatic carbocycles. The average molecular weight is 263 g/mol. The largest absolute Gasteiger partial charge is 0.381 e. The first-order valence-electron chi connectivity index (χ1n) is 6.39. The Labute approximate surface area is 109 Å². The minimum absolute atomic E-state index is 0. The van der Waals surface area contributed by atoms with Crippen molar-refractivity contribution in [2.24, 2.45) is 5.92 Å². The molecule has 17 heavy (non-hydrogen) atoms. The minimum Gasteiger partial charge on any atom is -0.381 e. The molecule has 0 spiro atoms. The summed E-state index contributed by atoms with van der Waals surface area (Å²) in [4.78, 5) is 11.9. The smallest absolute Gasteiger partial charge is 0.237 e. The molecule has 0 aromatic heterocycles. The monoisotopic (exact) mass is 262 g/mol. The lowest BCUT2D eigenvalue weighted by molar-refractivity contribution is -0.124. The van der Waals surface area contributed by atoms with Gasteiger partial charge in [0.1, 0.15) is 0 Å². The van der Waals surface area contributed by atoms with Crippen LogP contribution in [-0.4, -0.2) is 37.7 Å². The van der Waals surface area contributed by atoms with E-state index in [-0.39, 0.29) is 30.4 Å². The van der Waals surface area contributed by atoms with E-state index in [0.29, 0.717) is 5.92 Å². The van der Waals surface area contributed by atoms with Gasteiger partial charge in [0.15, 0.2) is 0 Å². The zero-order valence-corrected chi connectivity index (χ0v) is 11.2. The molecule has 0 radical (unpaired) electrons. The van der Waals surface area contributed by atoms with Crippen molar-refractivity contribution in [1.29, 1.82) is 0 Å². The van der Waals surface area contributed by atoms with Gasteiger partial charge < -0.3 is 15.4 Å². The summed E-state index contributed by atoms with van der Waals surface area (Å²) in [7, 11) is 0. The standard InChI is InChI=1S/C12H22N2O2.ClH/c1-9(10-4-7-16-8-5-10)14-12(15)11-3-2-6-13-11;/h9-11,13H,2-8H2,1H3,(H,14,15);1H/t9?,11-;/m0./s1. The third-order valence-electron chi connectivity index (χ3n) is 3.72. The van der Waals surface area contributed by atoms with Crippen LogP contribution in [0.25, 0.3) is 0 Å². The van der Waals surface area contributed by atoms with Crippen LogP contribution in [0.3, 0.4) is 0 Å². The maximum Gasteiger partial charge on any atom is 0.237 e. The summed E-state index contributed by atoms with van der Waals surface area (Å²) >= 11 is 0. The first-order chi connectivity index (χ1) is 7.77. The molecule has 2 rings (SSSR count). The highest BCUT2D eigenvalue weighted by Crippen LogP contribution is 2.18. The normalized spacial score (nSPS) is 27.2. The maximum atomic E-state index is 11.9. The summed E-state index contributed by atoms with van der Waals surface area (Å²) in [5.74, 6) is 0.760. The number of ether oxygens (including phenoxy) is 1. The van der Waals surface area contributed by atoms with Gasteiger partial charge in [-0.2, -0.15) is 0 Å². The zero-order chi connectivity index (χ0) is 11.4. The number of carbonyl (C=O) groups excluding carboxylic acids is 1. The lowest BCUT2D eigenvalue weighted by Crippen LogP contribution is -2.47. The first-order valence-corrected chi connectivity index (χ1v) is 6.39. The molecule has 0 bridgehead atoms. The zero-order valence-electron chi connectivity index (χ0n) is 10.4. The molecule has 2 aliphatic rings. The lowest BCUT2D eigenvalue weighted by atomic mass is 9.93. The summed E-state index contributed by atoms with van der Waals surface area (Å²) in [6.07, 6.45) is 4.23. The first kappa shape index (κ1) is 14.7. The Morgan fingerprint density at radius 1 is 1.35 bits per heavy atom. The number of hydrogen-bond acceptors (Lipinski definition) is 3. The maximum absolute atomic E-state index is 11.9. The Hall–Kier alpha value is -0.320. The quantitative estimate of drug-likeness (QED) is 0.801. The fraction of sp³-hybridized carbons (Fsp3) is 0.917. The summed E-state index contributed by atoms with van der Waals surface area (Å²) in [5.41, 5.74) is 0. The second kappa shape index (κ2) is 7.19. The fourth-order valence-corrected chi connectivity index (χ4v) is 2.57. The summed E-state index contributed by atoms with van der Waals surface area (Å²) < 4.78 is 5.33. The summed E-state index contributed by atoms with van der Waals surface area (Å²) in [6, 6.07) is 0.320. The second-order valence-corrected chi connectivity index (χ2v) is 4.90. The van der Waals surface area contributed by atoms with E-state index < -0.39 is 0 Å². The van der Waals surface area contributed by atoms with E-state index in [0.717, 1.165) is 45.4 Å². The van der Waals surface area contributed by atoms with Crippen LogP contribution in [0.2, 0.25) is 0 Å². The van der Waals surface area contributed by atoms with E-state index in [9.17, 15) is 4.79 Å². The van der Waals surface area contributed by atoms with Gasteiger partial charge in [0.2, 0.25) is 5.91 Å². The topological polar surface area (TPSA) is 50.4 Å². The molecular formula is C12H23ClN2O2. The fourth-order valence-electron chi connectivity index (χ4n) is 2.57. The Bertz CT molecular complexity index is 239. The minimum atomic E-state index is 0. The van der Waals surface area contributed by atoms with Gasteiger partial charge in [-0.3, -0.25) is 4.79 Å². The molecular weight excluding hydrogens is 240 g/mol. The van der Waals surface area contributed by atoms with Crippen LogP contribution >= 0.6 is 12.4 Å². The Morgan fingerprint density at radius 3 is 2.65 bits per heavy atom. The number of halogens is 1. The van der Waals surface area contributed by atoms with Gasteiger partial charge in [0, 0.05) is 19.3 Å². The van der Waals surface area contributed by atoms with Crippen LogP contribution in [0.15, 0.2) is 0 Å². The average Bonchev–Trinajstić information content (AvgIpc) is 2.83. The molecule has 4 nitrogen and oxygen atoms in total. The van der Waals surface area contributed by atoms with Gasteiger partial charge in [0.25, 0.3) is 0 Å². The highest BCUT2D eigenvalue weighted by atomic mass is 35.5. The Kier molecular flexibility index (Phi) is 6.23. The van der Waals surface area contributed by atoms with Crippen molar-refractivity contribution in [3.05, 3.63) is 0 Å². The summed E-state index contributed by atoms with van der Waals surface area (Å²) in [6.45, 7) is 4.77. The van der Waals surface area contributed by atoms with Crippen molar-refractivity contribution in [1.82, 2.24) is 10.6 Å². The van der Waals surface area contributed by atoms with E-state index in [4.69, 9.17) is 4.74 Å². The number of hydrogen-bond donors (Lipinski definition) is 2. The van der Waals surface area contributed by atoms with Crippen molar-refractivity contribution in [3.63, 3.8) is 0 Å². The number of amides is 1. The lowest BCUT2D eigenvalue weighted by Gasteiger charge is -2.29. The number of carbonyl (C=O) groups is 1. The van der Waals surface area contributed by atoms with Gasteiger partial charge in [0.05, 0.1) is 6.04 Å². The van der Waals surface area contributed by atoms with Crippen molar-refractivity contribution in [2.75, 3.05) is 19.8 Å². The van der Waals surface area contributed by atoms with Crippen molar-refractivity contribution >= 4 is 18.3 Å². The molecule has 2 saturated heterocycles. The van der Waals surface area contributed by atoms with Crippen LogP contribution in [0.5, 0.6) is 0 Å².